The summed E-state index contributed by atoms with van der Waals surface area (Å²) in [6, 6.07) is 29.8. The minimum absolute atomic E-state index is 0.205. The molecule has 0 bridgehead atoms. The molecule has 0 saturated carbocycles. The van der Waals surface area contributed by atoms with Gasteiger partial charge in [0.1, 0.15) is 36.2 Å². The molecule has 0 amide bonds. The van der Waals surface area contributed by atoms with E-state index in [2.05, 4.69) is 17.1 Å². The van der Waals surface area contributed by atoms with E-state index in [4.69, 9.17) is 18.6 Å². The molecule has 0 unspecified atom stereocenters. The van der Waals surface area contributed by atoms with Gasteiger partial charge >= 0.3 is 5.97 Å². The van der Waals surface area contributed by atoms with Crippen molar-refractivity contribution in [2.24, 2.45) is 0 Å². The standard InChI is InChI=1S/C33H31NO5/c1-3-36-32(35)20-18-29-28-12-8-7-9-25(28)15-19-31(29)38-21-24-13-16-27(17-14-24)37-22-30-23(2)39-33(34-30)26-10-5-4-6-11-26/h4-17,19H,3,18,20-22H2,1-2H3. The van der Waals surface area contributed by atoms with Crippen LogP contribution in [0, 0.1) is 6.92 Å². The highest BCUT2D eigenvalue weighted by Gasteiger charge is 2.14. The fourth-order valence-corrected chi connectivity index (χ4v) is 4.43. The highest BCUT2D eigenvalue weighted by molar-refractivity contribution is 5.88. The molecule has 6 nitrogen and oxygen atoms in total. The smallest absolute Gasteiger partial charge is 0.306 e. The van der Waals surface area contributed by atoms with Crippen molar-refractivity contribution in [1.29, 1.82) is 0 Å². The van der Waals surface area contributed by atoms with E-state index in [9.17, 15) is 4.79 Å². The van der Waals surface area contributed by atoms with E-state index in [0.29, 0.717) is 38.6 Å². The predicted octanol–water partition coefficient (Wildman–Crippen LogP) is 7.46. The highest BCUT2D eigenvalue weighted by Crippen LogP contribution is 2.30. The normalized spacial score (nSPS) is 10.9. The number of hydrogen-bond donors (Lipinski definition) is 0. The van der Waals surface area contributed by atoms with Gasteiger partial charge in [-0.25, -0.2) is 4.98 Å². The van der Waals surface area contributed by atoms with Gasteiger partial charge in [0, 0.05) is 17.5 Å². The van der Waals surface area contributed by atoms with Crippen molar-refractivity contribution in [3.63, 3.8) is 0 Å². The van der Waals surface area contributed by atoms with Crippen molar-refractivity contribution < 1.29 is 23.4 Å². The number of aryl methyl sites for hydroxylation is 2. The summed E-state index contributed by atoms with van der Waals surface area (Å²) < 4.78 is 23.2. The quantitative estimate of drug-likeness (QED) is 0.168. The third kappa shape index (κ3) is 6.47. The molecule has 0 fully saturated rings. The lowest BCUT2D eigenvalue weighted by atomic mass is 9.99. The zero-order valence-electron chi connectivity index (χ0n) is 22.2. The zero-order valence-corrected chi connectivity index (χ0v) is 22.2. The number of carbonyl (C=O) groups excluding carboxylic acids is 1. The predicted molar refractivity (Wildman–Crippen MR) is 151 cm³/mol. The summed E-state index contributed by atoms with van der Waals surface area (Å²) in [7, 11) is 0. The van der Waals surface area contributed by atoms with E-state index in [1.807, 2.05) is 92.7 Å². The molecule has 5 rings (SSSR count). The molecule has 0 saturated heterocycles. The van der Waals surface area contributed by atoms with Gasteiger partial charge in [-0.3, -0.25) is 4.79 Å². The molecule has 0 N–H and O–H groups in total. The first-order chi connectivity index (χ1) is 19.1. The molecule has 0 aliphatic rings. The largest absolute Gasteiger partial charge is 0.489 e. The molecule has 5 aromatic rings. The van der Waals surface area contributed by atoms with Gasteiger partial charge in [0.2, 0.25) is 5.89 Å². The Morgan fingerprint density at radius 1 is 0.846 bits per heavy atom. The molecule has 1 heterocycles. The topological polar surface area (TPSA) is 70.8 Å². The van der Waals surface area contributed by atoms with Crippen LogP contribution in [0.25, 0.3) is 22.2 Å². The minimum Gasteiger partial charge on any atom is -0.489 e. The van der Waals surface area contributed by atoms with Crippen LogP contribution in [0.2, 0.25) is 0 Å². The number of rotatable bonds is 11. The number of benzene rings is 4. The number of nitrogens with zero attached hydrogens (tertiary/aromatic N) is 1. The maximum absolute atomic E-state index is 12.0. The molecule has 0 atom stereocenters. The van der Waals surface area contributed by atoms with E-state index in [1.54, 1.807) is 0 Å². The number of aromatic nitrogens is 1. The zero-order chi connectivity index (χ0) is 27.0. The number of esters is 1. The van der Waals surface area contributed by atoms with Crippen LogP contribution in [0.1, 0.15) is 35.9 Å². The molecule has 0 aliphatic carbocycles. The van der Waals surface area contributed by atoms with Crippen molar-refractivity contribution in [1.82, 2.24) is 4.98 Å². The molecular formula is C33H31NO5. The fraction of sp³-hybridized carbons (Fsp3) is 0.212. The second-order valence-electron chi connectivity index (χ2n) is 9.18. The Kier molecular flexibility index (Phi) is 8.22. The van der Waals surface area contributed by atoms with Crippen molar-refractivity contribution in [2.75, 3.05) is 6.61 Å². The van der Waals surface area contributed by atoms with E-state index in [1.165, 1.54) is 0 Å². The molecule has 0 spiro atoms. The summed E-state index contributed by atoms with van der Waals surface area (Å²) in [4.78, 5) is 16.6. The van der Waals surface area contributed by atoms with Gasteiger partial charge in [-0.15, -0.1) is 0 Å². The van der Waals surface area contributed by atoms with Crippen LogP contribution in [0.5, 0.6) is 11.5 Å². The van der Waals surface area contributed by atoms with Crippen molar-refractivity contribution in [3.05, 3.63) is 114 Å². The lowest BCUT2D eigenvalue weighted by Crippen LogP contribution is -2.07. The van der Waals surface area contributed by atoms with Gasteiger partial charge in [0.25, 0.3) is 0 Å². The highest BCUT2D eigenvalue weighted by atomic mass is 16.5. The van der Waals surface area contributed by atoms with Crippen molar-refractivity contribution >= 4 is 16.7 Å². The summed E-state index contributed by atoms with van der Waals surface area (Å²) in [6.07, 6.45) is 0.859. The van der Waals surface area contributed by atoms with Gasteiger partial charge in [0.05, 0.1) is 6.61 Å². The molecule has 0 radical (unpaired) electrons. The Hall–Kier alpha value is -4.58. The van der Waals surface area contributed by atoms with Crippen LogP contribution in [-0.2, 0) is 29.2 Å². The molecule has 198 valence electrons. The molecule has 1 aromatic heterocycles. The van der Waals surface area contributed by atoms with Crippen LogP contribution in [0.3, 0.4) is 0 Å². The lowest BCUT2D eigenvalue weighted by Gasteiger charge is -2.15. The van der Waals surface area contributed by atoms with E-state index < -0.39 is 0 Å². The second-order valence-corrected chi connectivity index (χ2v) is 9.18. The van der Waals surface area contributed by atoms with Gasteiger partial charge in [-0.2, -0.15) is 0 Å². The number of oxazole rings is 1. The SMILES string of the molecule is CCOC(=O)CCc1c(OCc2ccc(OCc3nc(-c4ccccc4)oc3C)cc2)ccc2ccccc12. The third-order valence-electron chi connectivity index (χ3n) is 6.49. The third-order valence-corrected chi connectivity index (χ3v) is 6.49. The number of ether oxygens (including phenoxy) is 3. The number of hydrogen-bond acceptors (Lipinski definition) is 6. The van der Waals surface area contributed by atoms with Crippen LogP contribution in [-0.4, -0.2) is 17.6 Å². The Balaban J connectivity index is 1.22. The lowest BCUT2D eigenvalue weighted by molar-refractivity contribution is -0.143. The summed E-state index contributed by atoms with van der Waals surface area (Å²) in [6.45, 7) is 4.81. The van der Waals surface area contributed by atoms with Gasteiger partial charge in [0.15, 0.2) is 0 Å². The summed E-state index contributed by atoms with van der Waals surface area (Å²) in [5.74, 6) is 2.64. The first kappa shape index (κ1) is 26.0. The summed E-state index contributed by atoms with van der Waals surface area (Å²) in [5.41, 5.74) is 3.73. The fourth-order valence-electron chi connectivity index (χ4n) is 4.43. The Morgan fingerprint density at radius 2 is 1.62 bits per heavy atom. The average molecular weight is 522 g/mol. The van der Waals surface area contributed by atoms with Gasteiger partial charge in [-0.1, -0.05) is 60.7 Å². The Bertz CT molecular complexity index is 1540. The first-order valence-electron chi connectivity index (χ1n) is 13.1. The molecule has 4 aromatic carbocycles. The summed E-state index contributed by atoms with van der Waals surface area (Å²) in [5, 5.41) is 2.20. The molecule has 0 aliphatic heterocycles. The van der Waals surface area contributed by atoms with Crippen molar-refractivity contribution in [2.45, 2.75) is 39.9 Å². The van der Waals surface area contributed by atoms with E-state index in [0.717, 1.165) is 50.4 Å². The molecule has 39 heavy (non-hydrogen) atoms. The van der Waals surface area contributed by atoms with E-state index in [-0.39, 0.29) is 5.97 Å². The van der Waals surface area contributed by atoms with Crippen LogP contribution >= 0.6 is 0 Å². The number of fused-ring (bicyclic) bond motifs is 1. The molecular weight excluding hydrogens is 490 g/mol. The number of carbonyl (C=O) groups is 1. The van der Waals surface area contributed by atoms with E-state index >= 15 is 0 Å². The van der Waals surface area contributed by atoms with Crippen LogP contribution < -0.4 is 9.47 Å². The monoisotopic (exact) mass is 521 g/mol. The Labute approximate surface area is 228 Å². The average Bonchev–Trinajstić information content (AvgIpc) is 3.35. The molecule has 6 heteroatoms. The second kappa shape index (κ2) is 12.3. The maximum Gasteiger partial charge on any atom is 0.306 e. The first-order valence-corrected chi connectivity index (χ1v) is 13.1. The van der Waals surface area contributed by atoms with Crippen LogP contribution in [0.15, 0.2) is 95.4 Å². The maximum atomic E-state index is 12.0. The van der Waals surface area contributed by atoms with Gasteiger partial charge in [-0.05, 0) is 66.9 Å². The Morgan fingerprint density at radius 3 is 2.41 bits per heavy atom. The summed E-state index contributed by atoms with van der Waals surface area (Å²) >= 11 is 0. The van der Waals surface area contributed by atoms with Crippen LogP contribution in [0.4, 0.5) is 0 Å². The minimum atomic E-state index is -0.205. The van der Waals surface area contributed by atoms with Crippen molar-refractivity contribution in [3.8, 4) is 23.0 Å². The van der Waals surface area contributed by atoms with Gasteiger partial charge < -0.3 is 18.6 Å².